The number of amides is 1. The molecule has 1 N–H and O–H groups in total. The minimum Gasteiger partial charge on any atom is -0.496 e. The van der Waals surface area contributed by atoms with E-state index in [1.54, 1.807) is 49.3 Å². The molecule has 0 aliphatic carbocycles. The van der Waals surface area contributed by atoms with Gasteiger partial charge in [-0.1, -0.05) is 30.3 Å². The first-order valence-electron chi connectivity index (χ1n) is 9.06. The van der Waals surface area contributed by atoms with Crippen molar-refractivity contribution in [3.8, 4) is 17.0 Å². The first kappa shape index (κ1) is 18.6. The first-order chi connectivity index (χ1) is 14.1. The molecule has 2 heterocycles. The molecule has 0 saturated heterocycles. The number of nitrogens with zero attached hydrogens (tertiary/aromatic N) is 3. The Morgan fingerprint density at radius 1 is 1.17 bits per heavy atom. The van der Waals surface area contributed by atoms with E-state index in [2.05, 4.69) is 15.4 Å². The van der Waals surface area contributed by atoms with Crippen molar-refractivity contribution in [2.75, 3.05) is 7.11 Å². The van der Waals surface area contributed by atoms with Crippen LogP contribution in [-0.2, 0) is 13.6 Å². The maximum absolute atomic E-state index is 13.9. The molecule has 4 aromatic rings. The molecule has 0 aliphatic rings. The highest BCUT2D eigenvalue weighted by atomic mass is 19.1. The zero-order chi connectivity index (χ0) is 20.4. The Kier molecular flexibility index (Phi) is 4.95. The molecular formula is C22H19FN4O2. The number of carbonyl (C=O) groups is 1. The van der Waals surface area contributed by atoms with Crippen LogP contribution in [0.5, 0.6) is 5.75 Å². The summed E-state index contributed by atoms with van der Waals surface area (Å²) in [6.07, 6.45) is 1.60. The number of methoxy groups -OCH3 is 1. The Morgan fingerprint density at radius 2 is 1.93 bits per heavy atom. The number of rotatable bonds is 5. The number of pyridine rings is 1. The average molecular weight is 390 g/mol. The van der Waals surface area contributed by atoms with Gasteiger partial charge in [0, 0.05) is 24.7 Å². The van der Waals surface area contributed by atoms with E-state index >= 15 is 0 Å². The van der Waals surface area contributed by atoms with Gasteiger partial charge >= 0.3 is 0 Å². The molecule has 0 bridgehead atoms. The number of fused-ring (bicyclic) bond motifs is 1. The summed E-state index contributed by atoms with van der Waals surface area (Å²) in [5, 5.41) is 7.64. The van der Waals surface area contributed by atoms with Crippen molar-refractivity contribution in [3.05, 3.63) is 77.7 Å². The smallest absolute Gasteiger partial charge is 0.252 e. The molecule has 0 spiro atoms. The maximum Gasteiger partial charge on any atom is 0.252 e. The molecule has 29 heavy (non-hydrogen) atoms. The van der Waals surface area contributed by atoms with Crippen LogP contribution < -0.4 is 10.1 Å². The number of ether oxygens (including phenoxy) is 1. The van der Waals surface area contributed by atoms with Crippen LogP contribution in [0.3, 0.4) is 0 Å². The van der Waals surface area contributed by atoms with Crippen molar-refractivity contribution in [2.45, 2.75) is 6.54 Å². The van der Waals surface area contributed by atoms with E-state index in [9.17, 15) is 9.18 Å². The van der Waals surface area contributed by atoms with Gasteiger partial charge in [0.25, 0.3) is 5.91 Å². The number of carbonyl (C=O) groups excluding carboxylic acids is 1. The van der Waals surface area contributed by atoms with E-state index in [-0.39, 0.29) is 18.3 Å². The summed E-state index contributed by atoms with van der Waals surface area (Å²) < 4.78 is 20.9. The molecule has 6 nitrogen and oxygen atoms in total. The Bertz CT molecular complexity index is 1200. The summed E-state index contributed by atoms with van der Waals surface area (Å²) in [7, 11) is 3.35. The lowest BCUT2D eigenvalue weighted by Gasteiger charge is -2.11. The standard InChI is InChI=1S/C22H19FN4O2/c1-27-21-17(13-25-27)16(22(28)24-12-14-7-3-5-9-18(14)23)11-19(26-21)15-8-4-6-10-20(15)29-2/h3-11,13H,12H2,1-2H3,(H,24,28). The topological polar surface area (TPSA) is 69.0 Å². The lowest BCUT2D eigenvalue weighted by molar-refractivity contribution is 0.0952. The molecule has 7 heteroatoms. The number of aromatic nitrogens is 3. The molecule has 1 amide bonds. The fourth-order valence-corrected chi connectivity index (χ4v) is 3.21. The third-order valence-electron chi connectivity index (χ3n) is 4.73. The summed E-state index contributed by atoms with van der Waals surface area (Å²) in [5.74, 6) is -0.0344. The molecule has 2 aromatic carbocycles. The largest absolute Gasteiger partial charge is 0.496 e. The van der Waals surface area contributed by atoms with Crippen LogP contribution >= 0.6 is 0 Å². The zero-order valence-electron chi connectivity index (χ0n) is 16.0. The number of hydrogen-bond donors (Lipinski definition) is 1. The van der Waals surface area contributed by atoms with Crippen molar-refractivity contribution >= 4 is 16.9 Å². The summed E-state index contributed by atoms with van der Waals surface area (Å²) >= 11 is 0. The summed E-state index contributed by atoms with van der Waals surface area (Å²) in [6, 6.07) is 15.5. The van der Waals surface area contributed by atoms with Gasteiger partial charge in [0.1, 0.15) is 11.6 Å². The molecule has 0 fully saturated rings. The molecular weight excluding hydrogens is 371 g/mol. The molecule has 2 aromatic heterocycles. The van der Waals surface area contributed by atoms with Crippen molar-refractivity contribution in [2.24, 2.45) is 7.05 Å². The lowest BCUT2D eigenvalue weighted by Crippen LogP contribution is -2.23. The van der Waals surface area contributed by atoms with E-state index in [0.29, 0.717) is 33.6 Å². The van der Waals surface area contributed by atoms with Gasteiger partial charge in [0.05, 0.1) is 30.0 Å². The highest BCUT2D eigenvalue weighted by Gasteiger charge is 2.18. The van der Waals surface area contributed by atoms with Gasteiger partial charge in [-0.2, -0.15) is 5.10 Å². The molecule has 0 unspecified atom stereocenters. The van der Waals surface area contributed by atoms with E-state index in [1.165, 1.54) is 6.07 Å². The first-order valence-corrected chi connectivity index (χ1v) is 9.06. The van der Waals surface area contributed by atoms with Gasteiger partial charge in [-0.25, -0.2) is 9.37 Å². The second-order valence-electron chi connectivity index (χ2n) is 6.53. The predicted molar refractivity (Wildman–Crippen MR) is 108 cm³/mol. The van der Waals surface area contributed by atoms with Crippen LogP contribution in [0.4, 0.5) is 4.39 Å². The van der Waals surface area contributed by atoms with Crippen LogP contribution in [0, 0.1) is 5.82 Å². The fourth-order valence-electron chi connectivity index (χ4n) is 3.21. The predicted octanol–water partition coefficient (Wildman–Crippen LogP) is 3.71. The third-order valence-corrected chi connectivity index (χ3v) is 4.73. The average Bonchev–Trinajstić information content (AvgIpc) is 3.13. The fraction of sp³-hybridized carbons (Fsp3) is 0.136. The number of para-hydroxylation sites is 1. The second-order valence-corrected chi connectivity index (χ2v) is 6.53. The molecule has 0 saturated carbocycles. The quantitative estimate of drug-likeness (QED) is 0.564. The van der Waals surface area contributed by atoms with Gasteiger partial charge in [0.15, 0.2) is 5.65 Å². The number of halogens is 1. The third kappa shape index (κ3) is 3.54. The SMILES string of the molecule is COc1ccccc1-c1cc(C(=O)NCc2ccccc2F)c2cnn(C)c2n1. The van der Waals surface area contributed by atoms with Crippen LogP contribution in [-0.4, -0.2) is 27.8 Å². The number of benzene rings is 2. The maximum atomic E-state index is 13.9. The van der Waals surface area contributed by atoms with Gasteiger partial charge < -0.3 is 10.1 Å². The summed E-state index contributed by atoms with van der Waals surface area (Å²) in [6.45, 7) is 0.0829. The minimum atomic E-state index is -0.358. The van der Waals surface area contributed by atoms with Crippen molar-refractivity contribution in [1.29, 1.82) is 0 Å². The Morgan fingerprint density at radius 3 is 2.72 bits per heavy atom. The van der Waals surface area contributed by atoms with E-state index < -0.39 is 0 Å². The normalized spacial score (nSPS) is 10.9. The van der Waals surface area contributed by atoms with E-state index in [1.807, 2.05) is 24.3 Å². The van der Waals surface area contributed by atoms with Gasteiger partial charge in [0.2, 0.25) is 0 Å². The summed E-state index contributed by atoms with van der Waals surface area (Å²) in [4.78, 5) is 17.6. The molecule has 146 valence electrons. The van der Waals surface area contributed by atoms with E-state index in [0.717, 1.165) is 5.56 Å². The van der Waals surface area contributed by atoms with Crippen LogP contribution in [0.15, 0.2) is 60.8 Å². The number of hydrogen-bond acceptors (Lipinski definition) is 4. The summed E-state index contributed by atoms with van der Waals surface area (Å²) in [5.41, 5.74) is 2.77. The van der Waals surface area contributed by atoms with Crippen LogP contribution in [0.1, 0.15) is 15.9 Å². The van der Waals surface area contributed by atoms with Crippen LogP contribution in [0.2, 0.25) is 0 Å². The van der Waals surface area contributed by atoms with Gasteiger partial charge in [-0.15, -0.1) is 0 Å². The molecule has 0 atom stereocenters. The second kappa shape index (κ2) is 7.71. The monoisotopic (exact) mass is 390 g/mol. The van der Waals surface area contributed by atoms with Crippen molar-refractivity contribution in [1.82, 2.24) is 20.1 Å². The molecule has 0 radical (unpaired) electrons. The molecule has 4 rings (SSSR count). The molecule has 0 aliphatic heterocycles. The van der Waals surface area contributed by atoms with Crippen molar-refractivity contribution < 1.29 is 13.9 Å². The highest BCUT2D eigenvalue weighted by Crippen LogP contribution is 2.31. The van der Waals surface area contributed by atoms with Gasteiger partial charge in [-0.05, 0) is 24.3 Å². The zero-order valence-corrected chi connectivity index (χ0v) is 16.0. The Labute approximate surface area is 167 Å². The Hall–Kier alpha value is -3.74. The number of nitrogens with one attached hydrogen (secondary N) is 1. The number of aryl methyl sites for hydroxylation is 1. The van der Waals surface area contributed by atoms with Crippen molar-refractivity contribution in [3.63, 3.8) is 0 Å². The van der Waals surface area contributed by atoms with E-state index in [4.69, 9.17) is 4.74 Å². The highest BCUT2D eigenvalue weighted by molar-refractivity contribution is 6.06. The minimum absolute atomic E-state index is 0.0829. The van der Waals surface area contributed by atoms with Gasteiger partial charge in [-0.3, -0.25) is 9.48 Å². The van der Waals surface area contributed by atoms with Crippen LogP contribution in [0.25, 0.3) is 22.3 Å². The lowest BCUT2D eigenvalue weighted by atomic mass is 10.1. The Balaban J connectivity index is 1.75.